The molecule has 0 atom stereocenters. The SMILES string of the molecule is O=S(=O)([O-])c1ccccc1.[Na+].c1ccc2ccccc2c1. The molecule has 0 aliphatic rings. The van der Waals surface area contributed by atoms with Gasteiger partial charge in [0.1, 0.15) is 10.1 Å². The first-order chi connectivity index (χ1) is 9.57. The largest absolute Gasteiger partial charge is 1.00 e. The number of fused-ring (bicyclic) bond motifs is 1. The molecule has 5 heteroatoms. The third-order valence-electron chi connectivity index (χ3n) is 2.69. The van der Waals surface area contributed by atoms with Crippen LogP contribution in [0, 0.1) is 0 Å². The van der Waals surface area contributed by atoms with Gasteiger partial charge in [-0.2, -0.15) is 0 Å². The second-order valence-electron chi connectivity index (χ2n) is 4.11. The van der Waals surface area contributed by atoms with Crippen molar-refractivity contribution in [2.75, 3.05) is 0 Å². The minimum atomic E-state index is -4.25. The van der Waals surface area contributed by atoms with Gasteiger partial charge in [-0.25, -0.2) is 8.42 Å². The van der Waals surface area contributed by atoms with E-state index in [0.29, 0.717) is 0 Å². The van der Waals surface area contributed by atoms with E-state index in [1.807, 2.05) is 0 Å². The molecule has 3 rings (SSSR count). The van der Waals surface area contributed by atoms with E-state index in [9.17, 15) is 13.0 Å². The summed E-state index contributed by atoms with van der Waals surface area (Å²) < 4.78 is 30.8. The summed E-state index contributed by atoms with van der Waals surface area (Å²) in [5, 5.41) is 2.62. The van der Waals surface area contributed by atoms with E-state index in [2.05, 4.69) is 48.5 Å². The molecule has 0 fully saturated rings. The molecule has 0 saturated carbocycles. The summed E-state index contributed by atoms with van der Waals surface area (Å²) >= 11 is 0. The maximum absolute atomic E-state index is 10.3. The molecule has 0 aromatic heterocycles. The van der Waals surface area contributed by atoms with Crippen LogP contribution in [-0.4, -0.2) is 13.0 Å². The van der Waals surface area contributed by atoms with Crippen LogP contribution < -0.4 is 29.6 Å². The molecule has 0 aliphatic heterocycles. The van der Waals surface area contributed by atoms with Gasteiger partial charge in [0.25, 0.3) is 0 Å². The topological polar surface area (TPSA) is 57.2 Å². The Morgan fingerprint density at radius 1 is 0.619 bits per heavy atom. The van der Waals surface area contributed by atoms with Gasteiger partial charge in [0.15, 0.2) is 0 Å². The van der Waals surface area contributed by atoms with E-state index < -0.39 is 10.1 Å². The summed E-state index contributed by atoms with van der Waals surface area (Å²) in [7, 11) is -4.25. The van der Waals surface area contributed by atoms with E-state index in [0.717, 1.165) is 0 Å². The second-order valence-corrected chi connectivity index (χ2v) is 5.49. The van der Waals surface area contributed by atoms with Crippen molar-refractivity contribution >= 4 is 20.9 Å². The fourth-order valence-electron chi connectivity index (χ4n) is 1.72. The molecule has 0 N–H and O–H groups in total. The van der Waals surface area contributed by atoms with Crippen LogP contribution in [0.25, 0.3) is 10.8 Å². The quantitative estimate of drug-likeness (QED) is 0.484. The van der Waals surface area contributed by atoms with Crippen molar-refractivity contribution in [2.45, 2.75) is 4.90 Å². The van der Waals surface area contributed by atoms with E-state index in [1.54, 1.807) is 6.07 Å². The monoisotopic (exact) mass is 308 g/mol. The number of rotatable bonds is 1. The molecule has 0 amide bonds. The Kier molecular flexibility index (Phi) is 7.08. The van der Waals surface area contributed by atoms with Gasteiger partial charge in [-0.15, -0.1) is 0 Å². The Hall–Kier alpha value is -1.17. The average Bonchev–Trinajstić information content (AvgIpc) is 2.48. The minimum Gasteiger partial charge on any atom is -0.744 e. The number of benzene rings is 3. The first-order valence-electron chi connectivity index (χ1n) is 6.02. The van der Waals surface area contributed by atoms with Crippen molar-refractivity contribution in [3.63, 3.8) is 0 Å². The molecule has 0 aliphatic carbocycles. The standard InChI is InChI=1S/C10H8.C6H6O3S.Na/c1-2-6-10-8-4-3-7-9(10)5-1;7-10(8,9)6-4-2-1-3-5-6;/h1-8H;1-5H,(H,7,8,9);/q;;+1/p-1. The van der Waals surface area contributed by atoms with Crippen LogP contribution in [0.5, 0.6) is 0 Å². The zero-order chi connectivity index (χ0) is 14.4. The molecule has 0 radical (unpaired) electrons. The van der Waals surface area contributed by atoms with Crippen LogP contribution >= 0.6 is 0 Å². The van der Waals surface area contributed by atoms with Gasteiger partial charge >= 0.3 is 29.6 Å². The molecule has 3 nitrogen and oxygen atoms in total. The molecular weight excluding hydrogens is 295 g/mol. The van der Waals surface area contributed by atoms with E-state index in [1.165, 1.54) is 35.0 Å². The summed E-state index contributed by atoms with van der Waals surface area (Å²) in [5.74, 6) is 0. The van der Waals surface area contributed by atoms with Crippen molar-refractivity contribution in [2.24, 2.45) is 0 Å². The Balaban J connectivity index is 0.000000200. The zero-order valence-corrected chi connectivity index (χ0v) is 14.5. The van der Waals surface area contributed by atoms with Crippen molar-refractivity contribution in [1.82, 2.24) is 0 Å². The fourth-order valence-corrected chi connectivity index (χ4v) is 2.21. The third kappa shape index (κ3) is 5.61. The maximum Gasteiger partial charge on any atom is 1.00 e. The molecule has 0 bridgehead atoms. The van der Waals surface area contributed by atoms with Crippen LogP contribution in [0.2, 0.25) is 0 Å². The predicted molar refractivity (Wildman–Crippen MR) is 78.4 cm³/mol. The zero-order valence-electron chi connectivity index (χ0n) is 11.6. The van der Waals surface area contributed by atoms with Crippen LogP contribution in [-0.2, 0) is 10.1 Å². The first-order valence-corrected chi connectivity index (χ1v) is 7.43. The first kappa shape index (κ1) is 17.9. The Morgan fingerprint density at radius 2 is 0.952 bits per heavy atom. The van der Waals surface area contributed by atoms with Gasteiger partial charge in [-0.1, -0.05) is 66.7 Å². The fraction of sp³-hybridized carbons (Fsp3) is 0. The normalized spacial score (nSPS) is 10.1. The van der Waals surface area contributed by atoms with Gasteiger partial charge in [0.05, 0.1) is 4.90 Å². The smallest absolute Gasteiger partial charge is 0.744 e. The molecule has 21 heavy (non-hydrogen) atoms. The number of hydrogen-bond acceptors (Lipinski definition) is 3. The summed E-state index contributed by atoms with van der Waals surface area (Å²) in [6, 6.07) is 23.9. The molecule has 102 valence electrons. The maximum atomic E-state index is 10.3. The summed E-state index contributed by atoms with van der Waals surface area (Å²) in [6.07, 6.45) is 0. The molecular formula is C16H13NaO3S. The summed E-state index contributed by atoms with van der Waals surface area (Å²) in [5.41, 5.74) is 0. The van der Waals surface area contributed by atoms with E-state index >= 15 is 0 Å². The van der Waals surface area contributed by atoms with Gasteiger partial charge < -0.3 is 4.55 Å². The van der Waals surface area contributed by atoms with E-state index in [-0.39, 0.29) is 34.5 Å². The third-order valence-corrected chi connectivity index (χ3v) is 3.54. The van der Waals surface area contributed by atoms with Crippen molar-refractivity contribution in [1.29, 1.82) is 0 Å². The van der Waals surface area contributed by atoms with Crippen LogP contribution in [0.4, 0.5) is 0 Å². The minimum absolute atomic E-state index is 0. The molecule has 0 spiro atoms. The van der Waals surface area contributed by atoms with Crippen molar-refractivity contribution in [3.05, 3.63) is 78.9 Å². The molecule has 0 heterocycles. The van der Waals surface area contributed by atoms with Gasteiger partial charge in [-0.3, -0.25) is 0 Å². The van der Waals surface area contributed by atoms with Crippen LogP contribution in [0.3, 0.4) is 0 Å². The molecule has 0 unspecified atom stereocenters. The summed E-state index contributed by atoms with van der Waals surface area (Å²) in [4.78, 5) is -0.185. The Morgan fingerprint density at radius 3 is 1.24 bits per heavy atom. The molecule has 3 aromatic carbocycles. The Labute approximate surface area is 146 Å². The van der Waals surface area contributed by atoms with Gasteiger partial charge in [-0.05, 0) is 22.9 Å². The van der Waals surface area contributed by atoms with Crippen molar-refractivity contribution in [3.8, 4) is 0 Å². The predicted octanol–water partition coefficient (Wildman–Crippen LogP) is 0.435. The van der Waals surface area contributed by atoms with Gasteiger partial charge in [0.2, 0.25) is 0 Å². The summed E-state index contributed by atoms with van der Waals surface area (Å²) in [6.45, 7) is 0. The molecule has 0 saturated heterocycles. The van der Waals surface area contributed by atoms with Gasteiger partial charge in [0, 0.05) is 0 Å². The van der Waals surface area contributed by atoms with Crippen LogP contribution in [0.15, 0.2) is 83.8 Å². The van der Waals surface area contributed by atoms with E-state index in [4.69, 9.17) is 0 Å². The Bertz CT molecular complexity index is 721. The second kappa shape index (κ2) is 8.32. The van der Waals surface area contributed by atoms with Crippen LogP contribution in [0.1, 0.15) is 0 Å². The molecule has 3 aromatic rings. The van der Waals surface area contributed by atoms with Crippen molar-refractivity contribution < 1.29 is 42.5 Å². The number of hydrogen-bond donors (Lipinski definition) is 0. The average molecular weight is 308 g/mol.